The minimum Gasteiger partial charge on any atom is -0.506 e. The molecule has 0 spiro atoms. The minimum absolute atomic E-state index is 0.0120. The zero-order valence-electron chi connectivity index (χ0n) is 21.5. The van der Waals surface area contributed by atoms with Crippen LogP contribution in [-0.4, -0.2) is 50.6 Å². The first kappa shape index (κ1) is 34.9. The van der Waals surface area contributed by atoms with E-state index < -0.39 is 53.5 Å². The highest BCUT2D eigenvalue weighted by molar-refractivity contribution is 8.31. The van der Waals surface area contributed by atoms with Crippen LogP contribution in [0, 0.1) is 0 Å². The van der Waals surface area contributed by atoms with E-state index in [4.69, 9.17) is 19.1 Å². The second-order valence-corrected chi connectivity index (χ2v) is 18.8. The summed E-state index contributed by atoms with van der Waals surface area (Å²) in [5.74, 6) is -0.602. The zero-order valence-corrected chi connectivity index (χ0v) is 27.0. The van der Waals surface area contributed by atoms with Crippen molar-refractivity contribution in [3.63, 3.8) is 0 Å². The molecule has 0 radical (unpaired) electrons. The number of hydrogen-bond acceptors (Lipinski definition) is 11. The molecule has 3 N–H and O–H groups in total. The Hall–Kier alpha value is -2.25. The molecule has 0 amide bonds. The summed E-state index contributed by atoms with van der Waals surface area (Å²) in [4.78, 5) is -0.640. The maximum Gasteiger partial charge on any atom is 0.317 e. The van der Waals surface area contributed by atoms with E-state index in [-0.39, 0.29) is 32.7 Å². The maximum absolute atomic E-state index is 13.1. The van der Waals surface area contributed by atoms with Gasteiger partial charge >= 0.3 is 8.26 Å². The Kier molecular flexibility index (Phi) is 10.7. The number of nitrogens with one attached hydrogen (secondary N) is 2. The molecule has 0 bridgehead atoms. The van der Waals surface area contributed by atoms with E-state index in [9.17, 15) is 30.4 Å². The maximum atomic E-state index is 13.1. The van der Waals surface area contributed by atoms with Crippen LogP contribution in [0.4, 0.5) is 17.1 Å². The molecule has 0 aliphatic heterocycles. The van der Waals surface area contributed by atoms with Gasteiger partial charge in [-0.15, -0.1) is 5.11 Å². The van der Waals surface area contributed by atoms with Crippen molar-refractivity contribution in [2.75, 3.05) is 11.0 Å². The molecule has 0 unspecified atom stereocenters. The normalized spacial score (nSPS) is 13.1. The Bertz CT molecular complexity index is 1920. The van der Waals surface area contributed by atoms with Crippen molar-refractivity contribution in [1.29, 1.82) is 0 Å². The third kappa shape index (κ3) is 11.2. The van der Waals surface area contributed by atoms with Gasteiger partial charge in [-0.2, -0.15) is 13.5 Å². The van der Waals surface area contributed by atoms with Crippen LogP contribution in [0.3, 0.4) is 0 Å². The van der Waals surface area contributed by atoms with Crippen LogP contribution >= 0.6 is 32.0 Å². The highest BCUT2D eigenvalue weighted by atomic mass is 36.0. The molecule has 0 aliphatic rings. The lowest BCUT2D eigenvalue weighted by Gasteiger charge is -2.21. The Morgan fingerprint density at radius 2 is 1.37 bits per heavy atom. The number of phenolic OH excluding ortho intramolecular Hbond substituents is 1. The fourth-order valence-electron chi connectivity index (χ4n) is 3.24. The van der Waals surface area contributed by atoms with Gasteiger partial charge in [-0.1, -0.05) is 12.1 Å². The highest BCUT2D eigenvalue weighted by Gasteiger charge is 2.28. The van der Waals surface area contributed by atoms with Crippen LogP contribution in [0.25, 0.3) is 10.8 Å². The molecule has 0 saturated heterocycles. The van der Waals surface area contributed by atoms with Crippen molar-refractivity contribution < 1.29 is 38.8 Å². The van der Waals surface area contributed by atoms with Gasteiger partial charge < -0.3 is 5.11 Å². The standard InChI is InChI=1S/C21H23ClN4O7S3.Cl2O2S/c1-21(2,3)26-36(32,33)18-12-17(24-23-13-8-10-14(11-9-13)35(22,30)31)19-15(20(18)27)6-5-7-16(19)25-34(4,28)29;1-5(2,3)4/h5-12,25-27H,1-4H3;. The van der Waals surface area contributed by atoms with E-state index in [1.807, 2.05) is 0 Å². The van der Waals surface area contributed by atoms with E-state index in [1.54, 1.807) is 20.8 Å². The number of rotatable bonds is 7. The van der Waals surface area contributed by atoms with Crippen LogP contribution in [0.5, 0.6) is 5.75 Å². The number of phenols is 1. The van der Waals surface area contributed by atoms with E-state index in [0.29, 0.717) is 0 Å². The lowest BCUT2D eigenvalue weighted by Crippen LogP contribution is -2.40. The second kappa shape index (κ2) is 12.5. The summed E-state index contributed by atoms with van der Waals surface area (Å²) < 4.78 is 96.0. The molecule has 0 aliphatic carbocycles. The smallest absolute Gasteiger partial charge is 0.317 e. The summed E-state index contributed by atoms with van der Waals surface area (Å²) in [5.41, 5.74) is -0.703. The Morgan fingerprint density at radius 3 is 1.83 bits per heavy atom. The lowest BCUT2D eigenvalue weighted by atomic mass is 10.1. The summed E-state index contributed by atoms with van der Waals surface area (Å²) in [6.45, 7) is 4.88. The van der Waals surface area contributed by atoms with Crippen molar-refractivity contribution in [2.45, 2.75) is 36.1 Å². The monoisotopic (exact) mass is 708 g/mol. The number of azo groups is 1. The first-order valence-corrected chi connectivity index (χ1v) is 19.6. The SMILES string of the molecule is CC(C)(C)NS(=O)(=O)c1cc(N=Nc2ccc(S(=O)(=O)Cl)cc2)c2c(NS(C)(=O)=O)cccc2c1O.O=S(=O)(Cl)Cl. The number of benzene rings is 3. The molecule has 3 aromatic rings. The van der Waals surface area contributed by atoms with Crippen molar-refractivity contribution in [1.82, 2.24) is 4.72 Å². The quantitative estimate of drug-likeness (QED) is 0.221. The largest absolute Gasteiger partial charge is 0.506 e. The van der Waals surface area contributed by atoms with Crippen molar-refractivity contribution in [2.24, 2.45) is 10.2 Å². The fraction of sp³-hybridized carbons (Fsp3) is 0.238. The zero-order chi connectivity index (χ0) is 31.6. The van der Waals surface area contributed by atoms with Gasteiger partial charge in [-0.3, -0.25) is 4.72 Å². The summed E-state index contributed by atoms with van der Waals surface area (Å²) in [6, 6.07) is 10.4. The first-order valence-electron chi connectivity index (χ1n) is 10.8. The van der Waals surface area contributed by atoms with Crippen LogP contribution in [-0.2, 0) is 37.4 Å². The number of halogens is 3. The van der Waals surface area contributed by atoms with Crippen LogP contribution < -0.4 is 9.44 Å². The van der Waals surface area contributed by atoms with E-state index in [0.717, 1.165) is 12.3 Å². The predicted octanol–water partition coefficient (Wildman–Crippen LogP) is 5.05. The third-order valence-electron chi connectivity index (χ3n) is 4.49. The summed E-state index contributed by atoms with van der Waals surface area (Å²) >= 11 is 0. The van der Waals surface area contributed by atoms with E-state index >= 15 is 0 Å². The van der Waals surface area contributed by atoms with Gasteiger partial charge in [0.25, 0.3) is 9.05 Å². The average molecular weight is 710 g/mol. The summed E-state index contributed by atoms with van der Waals surface area (Å²) in [6.07, 6.45) is 0.936. The van der Waals surface area contributed by atoms with Crippen LogP contribution in [0.15, 0.2) is 68.6 Å². The molecular weight excluding hydrogens is 687 g/mol. The number of anilines is 1. The molecule has 41 heavy (non-hydrogen) atoms. The Morgan fingerprint density at radius 1 is 0.829 bits per heavy atom. The predicted molar refractivity (Wildman–Crippen MR) is 158 cm³/mol. The molecule has 226 valence electrons. The Labute approximate surface area is 251 Å². The van der Waals surface area contributed by atoms with Gasteiger partial charge in [-0.25, -0.2) is 30.0 Å². The van der Waals surface area contributed by atoms with Gasteiger partial charge in [0.1, 0.15) is 10.6 Å². The average Bonchev–Trinajstić information content (AvgIpc) is 2.74. The molecule has 3 aromatic carbocycles. The molecule has 0 aromatic heterocycles. The number of sulfonamides is 2. The molecule has 0 fully saturated rings. The van der Waals surface area contributed by atoms with Crippen LogP contribution in [0.2, 0.25) is 0 Å². The van der Waals surface area contributed by atoms with Crippen molar-refractivity contribution in [3.05, 3.63) is 48.5 Å². The van der Waals surface area contributed by atoms with E-state index in [2.05, 4.69) is 41.0 Å². The summed E-state index contributed by atoms with van der Waals surface area (Å²) in [7, 11) is -1.81. The molecular formula is C21H23Cl3N4O9S4. The molecule has 0 saturated carbocycles. The number of fused-ring (bicyclic) bond motifs is 1. The lowest BCUT2D eigenvalue weighted by molar-refractivity contribution is 0.458. The number of aromatic hydroxyl groups is 1. The number of hydrogen-bond donors (Lipinski definition) is 3. The Balaban J connectivity index is 0.00000108. The topological polar surface area (TPSA) is 206 Å². The molecule has 0 heterocycles. The minimum atomic E-state index is -4.24. The first-order chi connectivity index (χ1) is 18.4. The van der Waals surface area contributed by atoms with Crippen LogP contribution in [0.1, 0.15) is 20.8 Å². The molecule has 20 heteroatoms. The molecule has 13 nitrogen and oxygen atoms in total. The summed E-state index contributed by atoms with van der Waals surface area (Å²) in [5, 5.41) is 19.1. The fourth-order valence-corrected chi connectivity index (χ4v) is 6.12. The third-order valence-corrected chi connectivity index (χ3v) is 8.23. The van der Waals surface area contributed by atoms with Gasteiger partial charge in [-0.05, 0) is 57.2 Å². The highest BCUT2D eigenvalue weighted by Crippen LogP contribution is 2.43. The van der Waals surface area contributed by atoms with Crippen molar-refractivity contribution >= 4 is 97.2 Å². The molecule has 3 rings (SSSR count). The van der Waals surface area contributed by atoms with Gasteiger partial charge in [0, 0.05) is 48.4 Å². The van der Waals surface area contributed by atoms with Gasteiger partial charge in [0.05, 0.1) is 28.2 Å². The number of nitrogens with zero attached hydrogens (tertiary/aromatic N) is 2. The van der Waals surface area contributed by atoms with Crippen molar-refractivity contribution in [3.8, 4) is 5.75 Å². The van der Waals surface area contributed by atoms with Gasteiger partial charge in [0.2, 0.25) is 20.0 Å². The van der Waals surface area contributed by atoms with E-state index in [1.165, 1.54) is 42.5 Å². The van der Waals surface area contributed by atoms with Gasteiger partial charge in [0.15, 0.2) is 0 Å². The second-order valence-electron chi connectivity index (χ2n) is 9.21. The molecule has 0 atom stereocenters.